The monoisotopic (exact) mass is 326 g/mol. The molecule has 1 aliphatic heterocycles. The summed E-state index contributed by atoms with van der Waals surface area (Å²) in [5.74, 6) is -1.21. The second-order valence-corrected chi connectivity index (χ2v) is 5.71. The second kappa shape index (κ2) is 5.69. The smallest absolute Gasteiger partial charge is 0.306 e. The van der Waals surface area contributed by atoms with E-state index in [2.05, 4.69) is 20.9 Å². The standard InChI is InChI=1S/C13H15BrN2O3/c1-8-4-9(13(18)19)2-3-16(8)12(17)10-5-11(14)7-15-6-10/h5-9H,2-4H2,1H3,(H,18,19). The molecule has 0 bridgehead atoms. The fourth-order valence-electron chi connectivity index (χ4n) is 2.39. The number of carboxylic acid groups (broad SMARTS) is 1. The molecule has 1 aromatic heterocycles. The van der Waals surface area contributed by atoms with Crippen molar-refractivity contribution in [2.45, 2.75) is 25.8 Å². The van der Waals surface area contributed by atoms with Gasteiger partial charge in [-0.05, 0) is 41.8 Å². The molecule has 0 radical (unpaired) electrons. The van der Waals surface area contributed by atoms with Crippen LogP contribution in [0.2, 0.25) is 0 Å². The van der Waals surface area contributed by atoms with Crippen molar-refractivity contribution in [2.75, 3.05) is 6.54 Å². The Morgan fingerprint density at radius 1 is 1.47 bits per heavy atom. The van der Waals surface area contributed by atoms with Crippen molar-refractivity contribution in [3.05, 3.63) is 28.5 Å². The zero-order chi connectivity index (χ0) is 14.0. The summed E-state index contributed by atoms with van der Waals surface area (Å²) in [5, 5.41) is 9.01. The van der Waals surface area contributed by atoms with Crippen LogP contribution in [0.3, 0.4) is 0 Å². The summed E-state index contributed by atoms with van der Waals surface area (Å²) in [6.07, 6.45) is 4.16. The minimum absolute atomic E-state index is 0.0682. The summed E-state index contributed by atoms with van der Waals surface area (Å²) in [6, 6.07) is 1.66. The lowest BCUT2D eigenvalue weighted by Gasteiger charge is -2.36. The Balaban J connectivity index is 2.11. The maximum Gasteiger partial charge on any atom is 0.306 e. The molecule has 2 heterocycles. The molecule has 1 N–H and O–H groups in total. The normalized spacial score (nSPS) is 23.2. The Kier molecular flexibility index (Phi) is 4.19. The van der Waals surface area contributed by atoms with Crippen LogP contribution < -0.4 is 0 Å². The lowest BCUT2D eigenvalue weighted by molar-refractivity contribution is -0.143. The van der Waals surface area contributed by atoms with Crippen LogP contribution >= 0.6 is 15.9 Å². The van der Waals surface area contributed by atoms with Crippen LogP contribution in [-0.4, -0.2) is 39.5 Å². The number of nitrogens with zero attached hydrogens (tertiary/aromatic N) is 2. The third kappa shape index (κ3) is 3.12. The van der Waals surface area contributed by atoms with Gasteiger partial charge < -0.3 is 10.0 Å². The van der Waals surface area contributed by atoms with Crippen LogP contribution in [0, 0.1) is 5.92 Å². The van der Waals surface area contributed by atoms with Crippen LogP contribution in [-0.2, 0) is 4.79 Å². The molecule has 6 heteroatoms. The molecule has 1 aromatic rings. The van der Waals surface area contributed by atoms with Crippen molar-refractivity contribution in [1.82, 2.24) is 9.88 Å². The predicted molar refractivity (Wildman–Crippen MR) is 72.8 cm³/mol. The number of amides is 1. The van der Waals surface area contributed by atoms with Gasteiger partial charge in [0.1, 0.15) is 0 Å². The largest absolute Gasteiger partial charge is 0.481 e. The number of pyridine rings is 1. The second-order valence-electron chi connectivity index (χ2n) is 4.80. The van der Waals surface area contributed by atoms with E-state index in [1.807, 2.05) is 6.92 Å². The molecule has 1 saturated heterocycles. The van der Waals surface area contributed by atoms with E-state index < -0.39 is 5.97 Å². The minimum Gasteiger partial charge on any atom is -0.481 e. The number of carboxylic acids is 1. The molecule has 1 aliphatic rings. The molecule has 2 rings (SSSR count). The molecule has 0 aromatic carbocycles. The topological polar surface area (TPSA) is 70.5 Å². The average molecular weight is 327 g/mol. The molecule has 1 amide bonds. The van der Waals surface area contributed by atoms with Gasteiger partial charge in [-0.25, -0.2) is 0 Å². The molecule has 2 unspecified atom stereocenters. The van der Waals surface area contributed by atoms with Crippen LogP contribution in [0.5, 0.6) is 0 Å². The number of piperidine rings is 1. The summed E-state index contributed by atoms with van der Waals surface area (Å²) in [4.78, 5) is 29.0. The number of hydrogen-bond acceptors (Lipinski definition) is 3. The molecule has 1 fully saturated rings. The van der Waals surface area contributed by atoms with E-state index in [4.69, 9.17) is 5.11 Å². The first-order chi connectivity index (χ1) is 8.99. The molecule has 0 spiro atoms. The Labute approximate surface area is 119 Å². The molecule has 19 heavy (non-hydrogen) atoms. The molecule has 102 valence electrons. The first-order valence-corrected chi connectivity index (χ1v) is 6.92. The van der Waals surface area contributed by atoms with Gasteiger partial charge in [0.15, 0.2) is 0 Å². The van der Waals surface area contributed by atoms with E-state index in [-0.39, 0.29) is 17.9 Å². The van der Waals surface area contributed by atoms with Crippen molar-refractivity contribution in [3.8, 4) is 0 Å². The van der Waals surface area contributed by atoms with E-state index in [9.17, 15) is 9.59 Å². The van der Waals surface area contributed by atoms with Gasteiger partial charge in [0.25, 0.3) is 5.91 Å². The zero-order valence-electron chi connectivity index (χ0n) is 10.5. The van der Waals surface area contributed by atoms with Crippen LogP contribution in [0.4, 0.5) is 0 Å². The van der Waals surface area contributed by atoms with Crippen LogP contribution in [0.15, 0.2) is 22.9 Å². The highest BCUT2D eigenvalue weighted by molar-refractivity contribution is 9.10. The van der Waals surface area contributed by atoms with E-state index >= 15 is 0 Å². The summed E-state index contributed by atoms with van der Waals surface area (Å²) in [7, 11) is 0. The average Bonchev–Trinajstić information content (AvgIpc) is 2.37. The zero-order valence-corrected chi connectivity index (χ0v) is 12.1. The number of carbonyl (C=O) groups is 2. The summed E-state index contributed by atoms with van der Waals surface area (Å²) in [6.45, 7) is 2.36. The fourth-order valence-corrected chi connectivity index (χ4v) is 2.76. The van der Waals surface area contributed by atoms with E-state index in [0.29, 0.717) is 24.9 Å². The molecule has 0 aliphatic carbocycles. The van der Waals surface area contributed by atoms with Gasteiger partial charge in [0.2, 0.25) is 0 Å². The SMILES string of the molecule is CC1CC(C(=O)O)CCN1C(=O)c1cncc(Br)c1. The van der Waals surface area contributed by atoms with E-state index in [1.165, 1.54) is 6.20 Å². The Hall–Kier alpha value is -1.43. The first kappa shape index (κ1) is 14.0. The van der Waals surface area contributed by atoms with Crippen molar-refractivity contribution in [1.29, 1.82) is 0 Å². The minimum atomic E-state index is -0.775. The Morgan fingerprint density at radius 3 is 2.79 bits per heavy atom. The van der Waals surface area contributed by atoms with Crippen molar-refractivity contribution in [2.24, 2.45) is 5.92 Å². The van der Waals surface area contributed by atoms with Gasteiger partial charge in [-0.3, -0.25) is 14.6 Å². The Morgan fingerprint density at radius 2 is 2.21 bits per heavy atom. The highest BCUT2D eigenvalue weighted by Gasteiger charge is 2.32. The van der Waals surface area contributed by atoms with Gasteiger partial charge in [-0.1, -0.05) is 0 Å². The summed E-state index contributed by atoms with van der Waals surface area (Å²) < 4.78 is 0.756. The molecular formula is C13H15BrN2O3. The van der Waals surface area contributed by atoms with Gasteiger partial charge in [0.05, 0.1) is 11.5 Å². The quantitative estimate of drug-likeness (QED) is 0.904. The van der Waals surface area contributed by atoms with Gasteiger partial charge in [-0.15, -0.1) is 0 Å². The fraction of sp³-hybridized carbons (Fsp3) is 0.462. The summed E-state index contributed by atoms with van der Waals surface area (Å²) >= 11 is 3.29. The number of aliphatic carboxylic acids is 1. The number of hydrogen-bond donors (Lipinski definition) is 1. The summed E-state index contributed by atoms with van der Waals surface area (Å²) in [5.41, 5.74) is 0.523. The third-order valence-electron chi connectivity index (χ3n) is 3.44. The molecule has 2 atom stereocenters. The van der Waals surface area contributed by atoms with Gasteiger partial charge in [0, 0.05) is 29.5 Å². The maximum atomic E-state index is 12.4. The van der Waals surface area contributed by atoms with Gasteiger partial charge in [-0.2, -0.15) is 0 Å². The highest BCUT2D eigenvalue weighted by Crippen LogP contribution is 2.25. The van der Waals surface area contributed by atoms with E-state index in [0.717, 1.165) is 4.47 Å². The van der Waals surface area contributed by atoms with Crippen LogP contribution in [0.1, 0.15) is 30.1 Å². The maximum absolute atomic E-state index is 12.4. The third-order valence-corrected chi connectivity index (χ3v) is 3.87. The first-order valence-electron chi connectivity index (χ1n) is 6.13. The van der Waals surface area contributed by atoms with Gasteiger partial charge >= 0.3 is 5.97 Å². The van der Waals surface area contributed by atoms with Crippen molar-refractivity contribution < 1.29 is 14.7 Å². The lowest BCUT2D eigenvalue weighted by atomic mass is 9.91. The number of carbonyl (C=O) groups excluding carboxylic acids is 1. The number of likely N-dealkylation sites (tertiary alicyclic amines) is 1. The van der Waals surface area contributed by atoms with Crippen LogP contribution in [0.25, 0.3) is 0 Å². The highest BCUT2D eigenvalue weighted by atomic mass is 79.9. The molecule has 5 nitrogen and oxygen atoms in total. The predicted octanol–water partition coefficient (Wildman–Crippen LogP) is 2.17. The number of aromatic nitrogens is 1. The lowest BCUT2D eigenvalue weighted by Crippen LogP contribution is -2.46. The van der Waals surface area contributed by atoms with Crippen molar-refractivity contribution >= 4 is 27.8 Å². The number of halogens is 1. The molecular weight excluding hydrogens is 312 g/mol. The van der Waals surface area contributed by atoms with Crippen molar-refractivity contribution in [3.63, 3.8) is 0 Å². The van der Waals surface area contributed by atoms with E-state index in [1.54, 1.807) is 17.2 Å². The number of rotatable bonds is 2. The molecule has 0 saturated carbocycles. The Bertz CT molecular complexity index is 506.